The lowest BCUT2D eigenvalue weighted by Crippen LogP contribution is -2.46. The van der Waals surface area contributed by atoms with Gasteiger partial charge in [0, 0.05) is 32.6 Å². The summed E-state index contributed by atoms with van der Waals surface area (Å²) in [4.78, 5) is 2.29. The molecule has 1 unspecified atom stereocenters. The molecule has 2 aromatic carbocycles. The number of aliphatic hydroxyl groups excluding tert-OH is 1. The van der Waals surface area contributed by atoms with Crippen molar-refractivity contribution in [3.63, 3.8) is 0 Å². The molecule has 2 aromatic heterocycles. The van der Waals surface area contributed by atoms with Gasteiger partial charge >= 0.3 is 0 Å². The Labute approximate surface area is 197 Å². The minimum atomic E-state index is -0.606. The third-order valence-corrected chi connectivity index (χ3v) is 6.83. The van der Waals surface area contributed by atoms with Gasteiger partial charge in [0.2, 0.25) is 5.89 Å². The van der Waals surface area contributed by atoms with Gasteiger partial charge in [-0.1, -0.05) is 30.3 Å². The molecule has 6 rings (SSSR count). The zero-order chi connectivity index (χ0) is 23.1. The number of nitrogens with zero attached hydrogens (tertiary/aromatic N) is 3. The topological polar surface area (TPSA) is 94.0 Å². The average Bonchev–Trinajstić information content (AvgIpc) is 3.57. The average molecular weight is 462 g/mol. The van der Waals surface area contributed by atoms with Crippen LogP contribution < -0.4 is 4.74 Å². The number of aromatic nitrogens is 2. The van der Waals surface area contributed by atoms with E-state index in [-0.39, 0.29) is 12.2 Å². The number of β-amino-alcohol motifs (C(OH)–C–C–N with tert-alkyl or cyclic N) is 1. The number of furan rings is 1. The second-order valence-electron chi connectivity index (χ2n) is 9.11. The fourth-order valence-electron chi connectivity index (χ4n) is 5.09. The number of likely N-dealkylation sites (tertiary alicyclic amines) is 1. The third kappa shape index (κ3) is 3.87. The molecule has 0 bridgehead atoms. The quantitative estimate of drug-likeness (QED) is 0.460. The molecular formula is C26H27N3O5. The van der Waals surface area contributed by atoms with E-state index in [1.807, 2.05) is 24.3 Å². The molecule has 34 heavy (non-hydrogen) atoms. The summed E-state index contributed by atoms with van der Waals surface area (Å²) in [6.45, 7) is 4.95. The number of piperidine rings is 1. The van der Waals surface area contributed by atoms with Crippen molar-refractivity contribution in [2.75, 3.05) is 26.2 Å². The molecular weight excluding hydrogens is 434 g/mol. The lowest BCUT2D eigenvalue weighted by Gasteiger charge is -2.39. The van der Waals surface area contributed by atoms with Gasteiger partial charge in [-0.2, -0.15) is 0 Å². The summed E-state index contributed by atoms with van der Waals surface area (Å²) < 4.78 is 23.6. The maximum atomic E-state index is 10.7. The second-order valence-corrected chi connectivity index (χ2v) is 9.11. The third-order valence-electron chi connectivity index (χ3n) is 6.83. The molecule has 176 valence electrons. The molecule has 8 nitrogen and oxygen atoms in total. The number of rotatable bonds is 6. The zero-order valence-electron chi connectivity index (χ0n) is 19.1. The Morgan fingerprint density at radius 3 is 2.76 bits per heavy atom. The first-order valence-electron chi connectivity index (χ1n) is 11.7. The first-order valence-corrected chi connectivity index (χ1v) is 11.7. The Bertz CT molecular complexity index is 1300. The van der Waals surface area contributed by atoms with E-state index >= 15 is 0 Å². The summed E-state index contributed by atoms with van der Waals surface area (Å²) in [5, 5.41) is 19.3. The Morgan fingerprint density at radius 1 is 1.09 bits per heavy atom. The number of benzene rings is 2. The summed E-state index contributed by atoms with van der Waals surface area (Å²) in [5.41, 5.74) is 3.13. The van der Waals surface area contributed by atoms with E-state index in [1.54, 1.807) is 6.92 Å². The van der Waals surface area contributed by atoms with E-state index in [1.165, 1.54) is 11.1 Å². The zero-order valence-corrected chi connectivity index (χ0v) is 19.1. The second kappa shape index (κ2) is 8.54. The molecule has 4 aromatic rings. The van der Waals surface area contributed by atoms with Crippen molar-refractivity contribution in [2.24, 2.45) is 0 Å². The molecule has 8 heteroatoms. The van der Waals surface area contributed by atoms with Crippen molar-refractivity contribution in [3.8, 4) is 17.4 Å². The van der Waals surface area contributed by atoms with Crippen LogP contribution in [0.1, 0.15) is 29.9 Å². The lowest BCUT2D eigenvalue weighted by molar-refractivity contribution is -0.0835. The number of hydrogen-bond donors (Lipinski definition) is 1. The van der Waals surface area contributed by atoms with E-state index in [2.05, 4.69) is 39.4 Å². The molecule has 4 heterocycles. The molecule has 1 N–H and O–H groups in total. The monoisotopic (exact) mass is 461 g/mol. The van der Waals surface area contributed by atoms with Gasteiger partial charge in [0.05, 0.1) is 17.6 Å². The minimum absolute atomic E-state index is 0.167. The maximum absolute atomic E-state index is 10.7. The summed E-state index contributed by atoms with van der Waals surface area (Å²) in [7, 11) is 0. The van der Waals surface area contributed by atoms with Gasteiger partial charge < -0.3 is 28.3 Å². The molecule has 1 atom stereocenters. The van der Waals surface area contributed by atoms with Crippen molar-refractivity contribution in [2.45, 2.75) is 38.1 Å². The lowest BCUT2D eigenvalue weighted by atomic mass is 9.84. The number of aliphatic hydroxyl groups is 1. The van der Waals surface area contributed by atoms with Crippen LogP contribution in [-0.4, -0.2) is 52.5 Å². The first-order chi connectivity index (χ1) is 16.6. The Morgan fingerprint density at radius 2 is 1.94 bits per heavy atom. The van der Waals surface area contributed by atoms with Gasteiger partial charge in [0.1, 0.15) is 24.0 Å². The molecule has 2 aliphatic heterocycles. The SMILES string of the molecule is Cc1nnc(-c2cc3c(OCC(O)CN4CCC5(CC4)OCc4ccccc45)cccc3o2)o1. The first kappa shape index (κ1) is 21.3. The molecule has 0 saturated carbocycles. The van der Waals surface area contributed by atoms with E-state index < -0.39 is 6.10 Å². The van der Waals surface area contributed by atoms with Crippen LogP contribution in [0.15, 0.2) is 57.4 Å². The molecule has 1 fully saturated rings. The van der Waals surface area contributed by atoms with Crippen molar-refractivity contribution < 1.29 is 23.4 Å². The van der Waals surface area contributed by atoms with Crippen LogP contribution in [0.3, 0.4) is 0 Å². The smallest absolute Gasteiger partial charge is 0.283 e. The van der Waals surface area contributed by atoms with E-state index in [9.17, 15) is 5.11 Å². The Kier molecular flexibility index (Phi) is 5.36. The van der Waals surface area contributed by atoms with Crippen LogP contribution in [0.2, 0.25) is 0 Å². The molecule has 2 aliphatic rings. The number of fused-ring (bicyclic) bond motifs is 3. The van der Waals surface area contributed by atoms with Crippen LogP contribution in [-0.2, 0) is 16.9 Å². The van der Waals surface area contributed by atoms with Crippen LogP contribution in [0.5, 0.6) is 5.75 Å². The fourth-order valence-corrected chi connectivity index (χ4v) is 5.09. The van der Waals surface area contributed by atoms with E-state index in [4.69, 9.17) is 18.3 Å². The summed E-state index contributed by atoms with van der Waals surface area (Å²) >= 11 is 0. The van der Waals surface area contributed by atoms with Crippen molar-refractivity contribution in [1.29, 1.82) is 0 Å². The fraction of sp³-hybridized carbons (Fsp3) is 0.385. The highest BCUT2D eigenvalue weighted by molar-refractivity contribution is 5.87. The van der Waals surface area contributed by atoms with Crippen molar-refractivity contribution in [1.82, 2.24) is 15.1 Å². The predicted octanol–water partition coefficient (Wildman–Crippen LogP) is 4.05. The standard InChI is InChI=1S/C26H27N3O5/c1-17-27-28-25(33-17)24-13-20-22(7-4-8-23(20)34-24)31-16-19(30)14-29-11-9-26(10-12-29)21-6-3-2-5-18(21)15-32-26/h2-8,13,19,30H,9-12,14-16H2,1H3. The summed E-state index contributed by atoms with van der Waals surface area (Å²) in [6.07, 6.45) is 1.26. The number of ether oxygens (including phenoxy) is 2. The van der Waals surface area contributed by atoms with Crippen LogP contribution in [0.25, 0.3) is 22.6 Å². The maximum Gasteiger partial charge on any atom is 0.283 e. The normalized spacial score (nSPS) is 18.4. The minimum Gasteiger partial charge on any atom is -0.490 e. The van der Waals surface area contributed by atoms with Gasteiger partial charge in [0.15, 0.2) is 5.76 Å². The van der Waals surface area contributed by atoms with Crippen molar-refractivity contribution >= 4 is 11.0 Å². The van der Waals surface area contributed by atoms with Crippen LogP contribution in [0.4, 0.5) is 0 Å². The Hall–Kier alpha value is -3.20. The number of aryl methyl sites for hydroxylation is 1. The van der Waals surface area contributed by atoms with Gasteiger partial charge in [-0.15, -0.1) is 10.2 Å². The molecule has 1 saturated heterocycles. The van der Waals surface area contributed by atoms with Crippen LogP contribution in [0, 0.1) is 6.92 Å². The molecule has 1 spiro atoms. The van der Waals surface area contributed by atoms with Gasteiger partial charge in [0.25, 0.3) is 5.89 Å². The Balaban J connectivity index is 1.07. The highest BCUT2D eigenvalue weighted by atomic mass is 16.5. The summed E-state index contributed by atoms with van der Waals surface area (Å²) in [6, 6.07) is 15.9. The van der Waals surface area contributed by atoms with Crippen molar-refractivity contribution in [3.05, 3.63) is 65.5 Å². The van der Waals surface area contributed by atoms with Gasteiger partial charge in [-0.25, -0.2) is 0 Å². The number of hydrogen-bond acceptors (Lipinski definition) is 8. The predicted molar refractivity (Wildman–Crippen MR) is 124 cm³/mol. The molecule has 0 aliphatic carbocycles. The van der Waals surface area contributed by atoms with Gasteiger partial charge in [-0.3, -0.25) is 0 Å². The van der Waals surface area contributed by atoms with Gasteiger partial charge in [-0.05, 0) is 36.1 Å². The summed E-state index contributed by atoms with van der Waals surface area (Å²) in [5.74, 6) is 1.94. The largest absolute Gasteiger partial charge is 0.490 e. The highest BCUT2D eigenvalue weighted by Gasteiger charge is 2.42. The van der Waals surface area contributed by atoms with Crippen LogP contribution >= 0.6 is 0 Å². The molecule has 0 radical (unpaired) electrons. The van der Waals surface area contributed by atoms with E-state index in [0.717, 1.165) is 31.3 Å². The molecule has 0 amide bonds. The highest BCUT2D eigenvalue weighted by Crippen LogP contribution is 2.44. The van der Waals surface area contributed by atoms with E-state index in [0.29, 0.717) is 42.0 Å².